The van der Waals surface area contributed by atoms with Gasteiger partial charge in [-0.3, -0.25) is 4.79 Å². The molecule has 1 heterocycles. The lowest BCUT2D eigenvalue weighted by atomic mass is 10.1. The summed E-state index contributed by atoms with van der Waals surface area (Å²) in [5.74, 6) is -0.00411. The highest BCUT2D eigenvalue weighted by Gasteiger charge is 2.28. The number of hydrogen-bond donors (Lipinski definition) is 0. The zero-order valence-corrected chi connectivity index (χ0v) is 11.8. The maximum atomic E-state index is 12.3. The highest BCUT2D eigenvalue weighted by atomic mass is 79.9. The second kappa shape index (κ2) is 6.32. The summed E-state index contributed by atoms with van der Waals surface area (Å²) in [7, 11) is 0. The number of carbonyl (C=O) groups is 1. The quantitative estimate of drug-likeness (QED) is 0.791. The number of benzene rings is 1. The highest BCUT2D eigenvalue weighted by molar-refractivity contribution is 9.09. The zero-order valence-electron chi connectivity index (χ0n) is 10.2. The molecule has 1 aromatic rings. The number of alkyl halides is 3. The topological polar surface area (TPSA) is 29.5 Å². The van der Waals surface area contributed by atoms with Crippen molar-refractivity contribution in [1.82, 2.24) is 4.90 Å². The molecule has 1 atom stereocenters. The van der Waals surface area contributed by atoms with Crippen LogP contribution < -0.4 is 4.74 Å². The number of halogens is 3. The van der Waals surface area contributed by atoms with Crippen molar-refractivity contribution >= 4 is 21.8 Å². The van der Waals surface area contributed by atoms with Crippen molar-refractivity contribution in [3.05, 3.63) is 29.8 Å². The Morgan fingerprint density at radius 2 is 2.11 bits per heavy atom. The predicted octanol–water partition coefficient (Wildman–Crippen LogP) is 3.29. The van der Waals surface area contributed by atoms with Crippen molar-refractivity contribution in [2.75, 3.05) is 11.9 Å². The van der Waals surface area contributed by atoms with Gasteiger partial charge in [0.2, 0.25) is 0 Å². The Bertz CT molecular complexity index is 439. The molecule has 1 unspecified atom stereocenters. The Morgan fingerprint density at radius 3 is 2.68 bits per heavy atom. The Hall–Kier alpha value is -1.17. The van der Waals surface area contributed by atoms with Gasteiger partial charge in [0, 0.05) is 23.5 Å². The lowest BCUT2D eigenvalue weighted by Crippen LogP contribution is -2.36. The smallest absolute Gasteiger partial charge is 0.387 e. The molecule has 6 heteroatoms. The van der Waals surface area contributed by atoms with E-state index in [2.05, 4.69) is 20.7 Å². The van der Waals surface area contributed by atoms with E-state index >= 15 is 0 Å². The summed E-state index contributed by atoms with van der Waals surface area (Å²) in [6, 6.07) is 6.02. The van der Waals surface area contributed by atoms with Crippen molar-refractivity contribution in [3.8, 4) is 5.75 Å². The van der Waals surface area contributed by atoms with E-state index in [1.54, 1.807) is 0 Å². The van der Waals surface area contributed by atoms with Gasteiger partial charge >= 0.3 is 6.61 Å². The molecule has 3 nitrogen and oxygen atoms in total. The first-order valence-corrected chi connectivity index (χ1v) is 7.16. The molecule has 0 aromatic heterocycles. The van der Waals surface area contributed by atoms with Crippen LogP contribution in [0.15, 0.2) is 24.3 Å². The summed E-state index contributed by atoms with van der Waals surface area (Å²) in [4.78, 5) is 14.1. The van der Waals surface area contributed by atoms with E-state index in [-0.39, 0.29) is 17.7 Å². The van der Waals surface area contributed by atoms with Crippen molar-refractivity contribution in [3.63, 3.8) is 0 Å². The van der Waals surface area contributed by atoms with Gasteiger partial charge in [-0.05, 0) is 37.1 Å². The van der Waals surface area contributed by atoms with E-state index in [9.17, 15) is 13.6 Å². The minimum atomic E-state index is -2.85. The Labute approximate surface area is 118 Å². The summed E-state index contributed by atoms with van der Waals surface area (Å²) in [5, 5.41) is 0.755. The lowest BCUT2D eigenvalue weighted by molar-refractivity contribution is -0.0498. The fourth-order valence-electron chi connectivity index (χ4n) is 2.21. The number of nitrogens with zero attached hydrogens (tertiary/aromatic N) is 1. The molecule has 1 aromatic carbocycles. The molecule has 0 N–H and O–H groups in total. The Balaban J connectivity index is 2.07. The molecule has 0 bridgehead atoms. The number of carbonyl (C=O) groups excluding carboxylic acids is 1. The van der Waals surface area contributed by atoms with Gasteiger partial charge in [-0.2, -0.15) is 8.78 Å². The zero-order chi connectivity index (χ0) is 13.8. The van der Waals surface area contributed by atoms with Gasteiger partial charge in [0.15, 0.2) is 0 Å². The highest BCUT2D eigenvalue weighted by Crippen LogP contribution is 2.23. The maximum absolute atomic E-state index is 12.3. The molecule has 1 amide bonds. The maximum Gasteiger partial charge on any atom is 0.387 e. The first kappa shape index (κ1) is 14.2. The van der Waals surface area contributed by atoms with Crippen LogP contribution in [0.25, 0.3) is 0 Å². The van der Waals surface area contributed by atoms with Gasteiger partial charge in [-0.1, -0.05) is 15.9 Å². The molecule has 1 fully saturated rings. The van der Waals surface area contributed by atoms with E-state index in [0.29, 0.717) is 5.56 Å². The number of amides is 1. The van der Waals surface area contributed by atoms with E-state index in [1.165, 1.54) is 24.3 Å². The minimum absolute atomic E-state index is 0.0602. The number of rotatable bonds is 4. The molecular weight excluding hydrogens is 320 g/mol. The molecule has 2 rings (SSSR count). The fraction of sp³-hybridized carbons (Fsp3) is 0.462. The van der Waals surface area contributed by atoms with Crippen LogP contribution in [0.2, 0.25) is 0 Å². The monoisotopic (exact) mass is 333 g/mol. The first-order chi connectivity index (χ1) is 9.11. The van der Waals surface area contributed by atoms with Crippen LogP contribution >= 0.6 is 15.9 Å². The average molecular weight is 334 g/mol. The molecule has 1 saturated heterocycles. The summed E-state index contributed by atoms with van der Waals surface area (Å²) >= 11 is 3.40. The average Bonchev–Trinajstić information content (AvgIpc) is 2.86. The predicted molar refractivity (Wildman–Crippen MR) is 70.9 cm³/mol. The number of likely N-dealkylation sites (tertiary alicyclic amines) is 1. The van der Waals surface area contributed by atoms with Crippen molar-refractivity contribution < 1.29 is 18.3 Å². The van der Waals surface area contributed by atoms with Crippen LogP contribution in [0.3, 0.4) is 0 Å². The van der Waals surface area contributed by atoms with Crippen LogP contribution in [0.4, 0.5) is 8.78 Å². The van der Waals surface area contributed by atoms with Crippen molar-refractivity contribution in [1.29, 1.82) is 0 Å². The van der Waals surface area contributed by atoms with Crippen LogP contribution in [-0.4, -0.2) is 35.3 Å². The van der Waals surface area contributed by atoms with Crippen molar-refractivity contribution in [2.45, 2.75) is 25.5 Å². The largest absolute Gasteiger partial charge is 0.435 e. The number of ether oxygens (including phenoxy) is 1. The normalized spacial score (nSPS) is 18.9. The van der Waals surface area contributed by atoms with Gasteiger partial charge in [-0.25, -0.2) is 0 Å². The van der Waals surface area contributed by atoms with Crippen molar-refractivity contribution in [2.24, 2.45) is 0 Å². The van der Waals surface area contributed by atoms with Gasteiger partial charge in [-0.15, -0.1) is 0 Å². The van der Waals surface area contributed by atoms with E-state index in [0.717, 1.165) is 24.7 Å². The van der Waals surface area contributed by atoms with Crippen LogP contribution in [0.1, 0.15) is 23.2 Å². The SMILES string of the molecule is O=C(c1ccc(OC(F)F)cc1)N1CCCC1CBr. The second-order valence-corrected chi connectivity index (χ2v) is 5.00. The molecule has 1 aliphatic rings. The standard InChI is InChI=1S/C13H14BrF2NO2/c14-8-10-2-1-7-17(10)12(18)9-3-5-11(6-4-9)19-13(15)16/h3-6,10,13H,1-2,7-8H2. The molecule has 0 radical (unpaired) electrons. The van der Waals surface area contributed by atoms with E-state index in [4.69, 9.17) is 0 Å². The number of hydrogen-bond acceptors (Lipinski definition) is 2. The molecule has 0 saturated carbocycles. The summed E-state index contributed by atoms with van der Waals surface area (Å²) in [6.07, 6.45) is 1.98. The summed E-state index contributed by atoms with van der Waals surface area (Å²) in [5.41, 5.74) is 0.495. The second-order valence-electron chi connectivity index (χ2n) is 4.35. The third-order valence-corrected chi connectivity index (χ3v) is 3.89. The van der Waals surface area contributed by atoms with Crippen LogP contribution in [-0.2, 0) is 0 Å². The third kappa shape index (κ3) is 3.43. The van der Waals surface area contributed by atoms with Crippen LogP contribution in [0, 0.1) is 0 Å². The molecule has 0 spiro atoms. The molecule has 1 aliphatic heterocycles. The summed E-state index contributed by atoms with van der Waals surface area (Å²) in [6.45, 7) is -2.11. The Kier molecular flexibility index (Phi) is 4.74. The summed E-state index contributed by atoms with van der Waals surface area (Å²) < 4.78 is 28.3. The fourth-order valence-corrected chi connectivity index (χ4v) is 2.88. The van der Waals surface area contributed by atoms with Gasteiger partial charge in [0.05, 0.1) is 0 Å². The van der Waals surface area contributed by atoms with Crippen LogP contribution in [0.5, 0.6) is 5.75 Å². The van der Waals surface area contributed by atoms with Gasteiger partial charge in [0.1, 0.15) is 5.75 Å². The molecule has 19 heavy (non-hydrogen) atoms. The minimum Gasteiger partial charge on any atom is -0.435 e. The van der Waals surface area contributed by atoms with Gasteiger partial charge < -0.3 is 9.64 Å². The first-order valence-electron chi connectivity index (χ1n) is 6.03. The van der Waals surface area contributed by atoms with Gasteiger partial charge in [0.25, 0.3) is 5.91 Å². The lowest BCUT2D eigenvalue weighted by Gasteiger charge is -2.23. The third-order valence-electron chi connectivity index (χ3n) is 3.14. The van der Waals surface area contributed by atoms with E-state index in [1.807, 2.05) is 4.90 Å². The molecule has 0 aliphatic carbocycles. The Morgan fingerprint density at radius 1 is 1.42 bits per heavy atom. The molecular formula is C13H14BrF2NO2. The van der Waals surface area contributed by atoms with E-state index < -0.39 is 6.61 Å². The molecule has 104 valence electrons.